The average molecular weight is 447 g/mol. The lowest BCUT2D eigenvalue weighted by Crippen LogP contribution is -2.36. The first-order valence-corrected chi connectivity index (χ1v) is 9.87. The topological polar surface area (TPSA) is 49.9 Å². The van der Waals surface area contributed by atoms with Crippen LogP contribution in [-0.2, 0) is 16.1 Å². The van der Waals surface area contributed by atoms with Gasteiger partial charge in [0.15, 0.2) is 6.61 Å². The van der Waals surface area contributed by atoms with E-state index in [4.69, 9.17) is 4.74 Å². The van der Waals surface area contributed by atoms with Gasteiger partial charge in [-0.3, -0.25) is 9.59 Å². The Hall–Kier alpha value is -2.34. The Balaban J connectivity index is 1.91. The van der Waals surface area contributed by atoms with E-state index < -0.39 is 5.41 Å². The molecule has 0 N–H and O–H groups in total. The second kappa shape index (κ2) is 9.24. The molecule has 150 valence electrons. The molecule has 0 unspecified atom stereocenters. The van der Waals surface area contributed by atoms with Crippen molar-refractivity contribution in [1.82, 2.24) is 4.90 Å². The van der Waals surface area contributed by atoms with Gasteiger partial charge in [-0.2, -0.15) is 0 Å². The molecule has 0 saturated heterocycles. The summed E-state index contributed by atoms with van der Waals surface area (Å²) in [4.78, 5) is 27.9. The van der Waals surface area contributed by atoms with E-state index in [0.717, 1.165) is 15.7 Å². The van der Waals surface area contributed by atoms with Crippen molar-refractivity contribution in [2.24, 2.45) is 5.41 Å². The summed E-state index contributed by atoms with van der Waals surface area (Å²) >= 11 is 3.49. The standard InChI is InChI=1S/C22H27BrN2O3/c1-22(2,3)21(27)25(5)17-10-12-18(13-11-17)28-15-20(26)24(4)14-16-8-6-7-9-19(16)23/h6-13H,14-15H2,1-5H3. The van der Waals surface area contributed by atoms with Gasteiger partial charge in [0.25, 0.3) is 5.91 Å². The number of benzene rings is 2. The molecule has 28 heavy (non-hydrogen) atoms. The molecule has 5 nitrogen and oxygen atoms in total. The van der Waals surface area contributed by atoms with E-state index in [2.05, 4.69) is 15.9 Å². The minimum absolute atomic E-state index is 0.0324. The number of anilines is 1. The number of hydrogen-bond donors (Lipinski definition) is 0. The van der Waals surface area contributed by atoms with E-state index in [1.807, 2.05) is 57.2 Å². The van der Waals surface area contributed by atoms with Gasteiger partial charge in [0.1, 0.15) is 5.75 Å². The van der Waals surface area contributed by atoms with Crippen LogP contribution in [0.4, 0.5) is 5.69 Å². The molecule has 2 amide bonds. The summed E-state index contributed by atoms with van der Waals surface area (Å²) in [6, 6.07) is 15.0. The number of amides is 2. The number of hydrogen-bond acceptors (Lipinski definition) is 3. The molecule has 0 radical (unpaired) electrons. The number of likely N-dealkylation sites (N-methyl/N-ethyl adjacent to an activating group) is 1. The van der Waals surface area contributed by atoms with Gasteiger partial charge in [-0.25, -0.2) is 0 Å². The fraction of sp³-hybridized carbons (Fsp3) is 0.364. The van der Waals surface area contributed by atoms with E-state index in [9.17, 15) is 9.59 Å². The Labute approximate surface area is 175 Å². The third-order valence-corrected chi connectivity index (χ3v) is 5.10. The van der Waals surface area contributed by atoms with Crippen LogP contribution < -0.4 is 9.64 Å². The summed E-state index contributed by atoms with van der Waals surface area (Å²) in [6.45, 7) is 6.12. The maximum Gasteiger partial charge on any atom is 0.260 e. The normalized spacial score (nSPS) is 11.1. The summed E-state index contributed by atoms with van der Waals surface area (Å²) in [7, 11) is 3.50. The second-order valence-corrected chi connectivity index (χ2v) is 8.59. The molecular formula is C22H27BrN2O3. The molecule has 0 aliphatic rings. The molecule has 0 fully saturated rings. The van der Waals surface area contributed by atoms with Crippen molar-refractivity contribution in [1.29, 1.82) is 0 Å². The van der Waals surface area contributed by atoms with Crippen LogP contribution in [0, 0.1) is 5.41 Å². The molecule has 0 aliphatic heterocycles. The van der Waals surface area contributed by atoms with E-state index in [-0.39, 0.29) is 18.4 Å². The first-order chi connectivity index (χ1) is 13.1. The number of nitrogens with zero attached hydrogens (tertiary/aromatic N) is 2. The van der Waals surface area contributed by atoms with Crippen molar-refractivity contribution in [2.45, 2.75) is 27.3 Å². The number of halogens is 1. The molecule has 6 heteroatoms. The number of ether oxygens (including phenoxy) is 1. The van der Waals surface area contributed by atoms with Gasteiger partial charge < -0.3 is 14.5 Å². The van der Waals surface area contributed by atoms with Crippen LogP contribution in [-0.4, -0.2) is 37.4 Å². The predicted molar refractivity (Wildman–Crippen MR) is 115 cm³/mol. The van der Waals surface area contributed by atoms with Crippen LogP contribution in [0.5, 0.6) is 5.75 Å². The average Bonchev–Trinajstić information content (AvgIpc) is 2.66. The van der Waals surface area contributed by atoms with Crippen molar-refractivity contribution >= 4 is 33.4 Å². The molecule has 0 spiro atoms. The molecule has 2 aromatic rings. The summed E-state index contributed by atoms with van der Waals surface area (Å²) in [5.41, 5.74) is 1.37. The zero-order valence-electron chi connectivity index (χ0n) is 17.0. The third kappa shape index (κ3) is 5.83. The van der Waals surface area contributed by atoms with Crippen molar-refractivity contribution in [3.63, 3.8) is 0 Å². The van der Waals surface area contributed by atoms with Crippen molar-refractivity contribution < 1.29 is 14.3 Å². The summed E-state index contributed by atoms with van der Waals surface area (Å²) in [5, 5.41) is 0. The van der Waals surface area contributed by atoms with Crippen LogP contribution >= 0.6 is 15.9 Å². The third-order valence-electron chi connectivity index (χ3n) is 4.32. The molecule has 2 rings (SSSR count). The highest BCUT2D eigenvalue weighted by Crippen LogP contribution is 2.24. The Kier molecular flexibility index (Phi) is 7.24. The summed E-state index contributed by atoms with van der Waals surface area (Å²) in [6.07, 6.45) is 0. The van der Waals surface area contributed by atoms with E-state index in [1.54, 1.807) is 36.0 Å². The fourth-order valence-corrected chi connectivity index (χ4v) is 3.02. The van der Waals surface area contributed by atoms with Crippen LogP contribution in [0.25, 0.3) is 0 Å². The van der Waals surface area contributed by atoms with Crippen LogP contribution in [0.15, 0.2) is 53.0 Å². The molecule has 0 heterocycles. The van der Waals surface area contributed by atoms with Gasteiger partial charge in [-0.05, 0) is 35.9 Å². The quantitative estimate of drug-likeness (QED) is 0.656. The van der Waals surface area contributed by atoms with E-state index in [0.29, 0.717) is 12.3 Å². The zero-order valence-corrected chi connectivity index (χ0v) is 18.6. The Morgan fingerprint density at radius 1 is 1.00 bits per heavy atom. The predicted octanol–water partition coefficient (Wildman–Crippen LogP) is 4.50. The van der Waals surface area contributed by atoms with Crippen molar-refractivity contribution in [3.05, 3.63) is 58.6 Å². The van der Waals surface area contributed by atoms with E-state index >= 15 is 0 Å². The minimum Gasteiger partial charge on any atom is -0.484 e. The largest absolute Gasteiger partial charge is 0.484 e. The van der Waals surface area contributed by atoms with Crippen LogP contribution in [0.3, 0.4) is 0 Å². The molecule has 0 aliphatic carbocycles. The van der Waals surface area contributed by atoms with Crippen LogP contribution in [0.2, 0.25) is 0 Å². The maximum atomic E-state index is 12.4. The van der Waals surface area contributed by atoms with E-state index in [1.165, 1.54) is 0 Å². The first-order valence-electron chi connectivity index (χ1n) is 9.08. The second-order valence-electron chi connectivity index (χ2n) is 7.74. The number of carbonyl (C=O) groups excluding carboxylic acids is 2. The molecule has 0 atom stereocenters. The molecule has 0 bridgehead atoms. The SMILES string of the molecule is CN(Cc1ccccc1Br)C(=O)COc1ccc(N(C)C(=O)C(C)(C)C)cc1. The Bertz CT molecular complexity index is 828. The highest BCUT2D eigenvalue weighted by molar-refractivity contribution is 9.10. The van der Waals surface area contributed by atoms with Gasteiger partial charge in [0.2, 0.25) is 5.91 Å². The van der Waals surface area contributed by atoms with Gasteiger partial charge in [-0.15, -0.1) is 0 Å². The summed E-state index contributed by atoms with van der Waals surface area (Å²) < 4.78 is 6.59. The van der Waals surface area contributed by atoms with Crippen LogP contribution in [0.1, 0.15) is 26.3 Å². The Morgan fingerprint density at radius 3 is 2.18 bits per heavy atom. The molecule has 2 aromatic carbocycles. The number of carbonyl (C=O) groups is 2. The summed E-state index contributed by atoms with van der Waals surface area (Å²) in [5.74, 6) is 0.507. The van der Waals surface area contributed by atoms with Crippen molar-refractivity contribution in [3.8, 4) is 5.75 Å². The Morgan fingerprint density at radius 2 is 1.61 bits per heavy atom. The monoisotopic (exact) mass is 446 g/mol. The van der Waals surface area contributed by atoms with Gasteiger partial charge in [0, 0.05) is 36.2 Å². The molecule has 0 saturated carbocycles. The molecular weight excluding hydrogens is 420 g/mol. The number of rotatable bonds is 6. The van der Waals surface area contributed by atoms with Gasteiger partial charge >= 0.3 is 0 Å². The maximum absolute atomic E-state index is 12.4. The fourth-order valence-electron chi connectivity index (χ4n) is 2.61. The highest BCUT2D eigenvalue weighted by Gasteiger charge is 2.25. The lowest BCUT2D eigenvalue weighted by atomic mass is 9.95. The highest BCUT2D eigenvalue weighted by atomic mass is 79.9. The minimum atomic E-state index is -0.450. The van der Waals surface area contributed by atoms with Gasteiger partial charge in [-0.1, -0.05) is 54.9 Å². The lowest BCUT2D eigenvalue weighted by Gasteiger charge is -2.26. The zero-order chi connectivity index (χ0) is 20.9. The molecule has 0 aromatic heterocycles. The van der Waals surface area contributed by atoms with Crippen molar-refractivity contribution in [2.75, 3.05) is 25.6 Å². The lowest BCUT2D eigenvalue weighted by molar-refractivity contribution is -0.132. The van der Waals surface area contributed by atoms with Gasteiger partial charge in [0.05, 0.1) is 0 Å². The smallest absolute Gasteiger partial charge is 0.260 e. The first kappa shape index (κ1) is 22.0.